The highest BCUT2D eigenvalue weighted by Gasteiger charge is 2.03. The summed E-state index contributed by atoms with van der Waals surface area (Å²) >= 11 is 16.8. The molecule has 0 aromatic rings. The molecule has 0 aromatic carbocycles. The number of aliphatic hydroxyl groups is 2. The molecule has 12 nitrogen and oxygen atoms in total. The molecule has 0 saturated carbocycles. The lowest BCUT2D eigenvalue weighted by atomic mass is 11.0. The molecule has 1 unspecified atom stereocenters. The molecule has 0 heterocycles. The van der Waals surface area contributed by atoms with Crippen LogP contribution in [-0.2, 0) is 25.3 Å². The van der Waals surface area contributed by atoms with Crippen molar-refractivity contribution in [1.29, 1.82) is 0 Å². The molecule has 0 aliphatic heterocycles. The van der Waals surface area contributed by atoms with Gasteiger partial charge in [-0.05, 0) is 0 Å². The first-order valence-corrected chi connectivity index (χ1v) is 27.0. The molecular formula is C22H42N4O8S12. The van der Waals surface area contributed by atoms with E-state index >= 15 is 0 Å². The standard InChI is InChI=1S/C22H42N4O8S12/c27-13-41-17-43-19-45-22(30)26-11-38-4-1-35-8-23-7-33-34-16-40-6-5-39-15-32-21(29)25-10-37-3-2-36-9-24-12-46(31)20-44-18-42-14-28/h7,12,27-28H,1-6,8-11,13-20H2,(H,25,29)(H,26,30)/b23-7+,24-12+. The van der Waals surface area contributed by atoms with Crippen molar-refractivity contribution in [1.82, 2.24) is 10.6 Å². The van der Waals surface area contributed by atoms with Gasteiger partial charge in [0.25, 0.3) is 5.24 Å². The molecule has 0 spiro atoms. The number of nitrogens with one attached hydrogen (secondary N) is 2. The largest absolute Gasteiger partial charge is 0.438 e. The Kier molecular flexibility index (Phi) is 42.8. The molecule has 0 aliphatic carbocycles. The summed E-state index contributed by atoms with van der Waals surface area (Å²) in [6.45, 7) is 0. The maximum absolute atomic E-state index is 11.7. The first kappa shape index (κ1) is 47.8. The Bertz CT molecular complexity index is 799. The van der Waals surface area contributed by atoms with Crippen LogP contribution in [0.1, 0.15) is 0 Å². The molecule has 0 fully saturated rings. The van der Waals surface area contributed by atoms with Crippen molar-refractivity contribution in [3.63, 3.8) is 0 Å². The average molecular weight is 875 g/mol. The van der Waals surface area contributed by atoms with Gasteiger partial charge in [0.05, 0.1) is 56.8 Å². The first-order valence-electron chi connectivity index (χ1n) is 13.0. The van der Waals surface area contributed by atoms with Crippen LogP contribution in [0.3, 0.4) is 0 Å². The van der Waals surface area contributed by atoms with Crippen LogP contribution in [0.15, 0.2) is 9.98 Å². The van der Waals surface area contributed by atoms with E-state index in [4.69, 9.17) is 24.7 Å². The van der Waals surface area contributed by atoms with E-state index in [1.54, 1.807) is 70.6 Å². The Balaban J connectivity index is 3.32. The predicted molar refractivity (Wildman–Crippen MR) is 221 cm³/mol. The van der Waals surface area contributed by atoms with E-state index in [9.17, 15) is 13.8 Å². The van der Waals surface area contributed by atoms with E-state index in [1.165, 1.54) is 70.8 Å². The summed E-state index contributed by atoms with van der Waals surface area (Å²) in [5, 5.41) is 25.6. The molecule has 270 valence electrons. The average Bonchev–Trinajstić information content (AvgIpc) is 3.05. The fraction of sp³-hybridized carbons (Fsp3) is 0.818. The third-order valence-corrected chi connectivity index (χ3v) is 16.1. The number of carbonyl (C=O) groups is 2. The number of thioether (sulfide) groups is 11. The minimum atomic E-state index is -1.08. The van der Waals surface area contributed by atoms with Gasteiger partial charge in [-0.15, -0.1) is 118 Å². The summed E-state index contributed by atoms with van der Waals surface area (Å²) in [4.78, 5) is 41.6. The van der Waals surface area contributed by atoms with Gasteiger partial charge < -0.3 is 30.5 Å². The lowest BCUT2D eigenvalue weighted by Crippen LogP contribution is -2.24. The number of nitrogens with zero attached hydrogens (tertiary/aromatic N) is 2. The molecule has 4 N–H and O–H groups in total. The highest BCUT2D eigenvalue weighted by atomic mass is 32.2. The number of amides is 2. The number of alkyl carbamates (subject to hydrolysis) is 1. The molecule has 0 saturated heterocycles. The fourth-order valence-electron chi connectivity index (χ4n) is 2.00. The Hall–Kier alpha value is 1.76. The second-order valence-electron chi connectivity index (χ2n) is 7.17. The third kappa shape index (κ3) is 40.2. The zero-order valence-corrected chi connectivity index (χ0v) is 34.8. The van der Waals surface area contributed by atoms with Crippen LogP contribution in [0.5, 0.6) is 0 Å². The van der Waals surface area contributed by atoms with Crippen LogP contribution in [0, 0.1) is 0 Å². The van der Waals surface area contributed by atoms with Crippen molar-refractivity contribution >= 4 is 163 Å². The number of carbonyl (C=O) groups excluding carboxylic acids is 2. The van der Waals surface area contributed by atoms with Gasteiger partial charge >= 0.3 is 6.09 Å². The highest BCUT2D eigenvalue weighted by molar-refractivity contribution is 8.27. The van der Waals surface area contributed by atoms with Gasteiger partial charge in [-0.1, -0.05) is 11.8 Å². The van der Waals surface area contributed by atoms with Crippen molar-refractivity contribution in [2.75, 3.05) is 102 Å². The molecule has 0 bridgehead atoms. The van der Waals surface area contributed by atoms with E-state index in [1.807, 2.05) is 0 Å². The zero-order chi connectivity index (χ0) is 33.6. The Morgan fingerprint density at radius 3 is 2.02 bits per heavy atom. The van der Waals surface area contributed by atoms with E-state index in [-0.39, 0.29) is 23.1 Å². The van der Waals surface area contributed by atoms with Crippen LogP contribution in [0.4, 0.5) is 9.59 Å². The Morgan fingerprint density at radius 1 is 0.696 bits per heavy atom. The number of ether oxygens (including phenoxy) is 1. The summed E-state index contributed by atoms with van der Waals surface area (Å²) in [7, 11) is -1.08. The fourth-order valence-corrected chi connectivity index (χ4v) is 12.3. The van der Waals surface area contributed by atoms with Crippen molar-refractivity contribution < 1.29 is 38.5 Å². The maximum Gasteiger partial charge on any atom is 0.408 e. The minimum absolute atomic E-state index is 0.0273. The van der Waals surface area contributed by atoms with Gasteiger partial charge in [0.1, 0.15) is 11.9 Å². The summed E-state index contributed by atoms with van der Waals surface area (Å²) in [5.74, 6) is 8.19. The van der Waals surface area contributed by atoms with Crippen LogP contribution >= 0.6 is 129 Å². The third-order valence-electron chi connectivity index (χ3n) is 3.86. The monoisotopic (exact) mass is 874 g/mol. The summed E-state index contributed by atoms with van der Waals surface area (Å²) < 4.78 is 16.8. The second kappa shape index (κ2) is 41.2. The Morgan fingerprint density at radius 2 is 1.30 bits per heavy atom. The normalized spacial score (nSPS) is 12.1. The molecule has 0 aromatic heterocycles. The van der Waals surface area contributed by atoms with Gasteiger partial charge in [0.2, 0.25) is 6.40 Å². The molecule has 2 amide bonds. The van der Waals surface area contributed by atoms with E-state index in [0.29, 0.717) is 44.7 Å². The maximum atomic E-state index is 11.7. The lowest BCUT2D eigenvalue weighted by Gasteiger charge is -2.06. The van der Waals surface area contributed by atoms with Gasteiger partial charge in [0.15, 0.2) is 0 Å². The second-order valence-corrected chi connectivity index (χ2v) is 21.2. The number of hydrogen-bond acceptors (Lipinski definition) is 21. The van der Waals surface area contributed by atoms with Crippen molar-refractivity contribution in [3.8, 4) is 0 Å². The molecule has 24 heteroatoms. The van der Waals surface area contributed by atoms with E-state index in [0.717, 1.165) is 39.6 Å². The lowest BCUT2D eigenvalue weighted by molar-refractivity contribution is -0.196. The predicted octanol–water partition coefficient (Wildman–Crippen LogP) is 5.72. The van der Waals surface area contributed by atoms with E-state index < -0.39 is 16.9 Å². The van der Waals surface area contributed by atoms with Gasteiger partial charge in [0, 0.05) is 49.8 Å². The zero-order valence-electron chi connectivity index (χ0n) is 25.0. The summed E-state index contributed by atoms with van der Waals surface area (Å²) in [5.41, 5.74) is 1.48. The Labute approximate surface area is 321 Å². The van der Waals surface area contributed by atoms with Crippen LogP contribution in [0.2, 0.25) is 0 Å². The van der Waals surface area contributed by atoms with Gasteiger partial charge in [-0.3, -0.25) is 14.0 Å². The topological polar surface area (TPSA) is 168 Å². The summed E-state index contributed by atoms with van der Waals surface area (Å²) in [6, 6.07) is 0. The smallest absolute Gasteiger partial charge is 0.408 e. The first-order chi connectivity index (χ1) is 22.6. The number of hydrogen-bond donors (Lipinski definition) is 4. The SMILES string of the molecule is O=C(NCSCCSC/N=C/S(=O)CSCSCO)OCSCCSCOO/C=N/CSCCSCNC(=O)SCSCSCO. The number of rotatable bonds is 34. The van der Waals surface area contributed by atoms with Crippen molar-refractivity contribution in [2.24, 2.45) is 9.98 Å². The molecule has 46 heavy (non-hydrogen) atoms. The van der Waals surface area contributed by atoms with Gasteiger partial charge in [-0.25, -0.2) is 9.79 Å². The van der Waals surface area contributed by atoms with E-state index in [2.05, 4.69) is 20.6 Å². The van der Waals surface area contributed by atoms with Crippen LogP contribution in [0.25, 0.3) is 0 Å². The minimum Gasteiger partial charge on any atom is -0.438 e. The van der Waals surface area contributed by atoms with Crippen LogP contribution < -0.4 is 10.6 Å². The number of aliphatic imine (C=N–C) groups is 2. The molecular weight excluding hydrogens is 833 g/mol. The van der Waals surface area contributed by atoms with Crippen molar-refractivity contribution in [2.45, 2.75) is 0 Å². The number of aliphatic hydroxyl groups excluding tert-OH is 2. The van der Waals surface area contributed by atoms with Crippen LogP contribution in [-0.4, -0.2) is 140 Å². The molecule has 0 aliphatic rings. The van der Waals surface area contributed by atoms with Crippen molar-refractivity contribution in [3.05, 3.63) is 0 Å². The quantitative estimate of drug-likeness (QED) is 0.0155. The van der Waals surface area contributed by atoms with Gasteiger partial charge in [-0.2, -0.15) is 4.89 Å². The molecule has 0 rings (SSSR count). The molecule has 0 radical (unpaired) electrons. The highest BCUT2D eigenvalue weighted by Crippen LogP contribution is 2.18. The molecule has 1 atom stereocenters. The summed E-state index contributed by atoms with van der Waals surface area (Å²) in [6.07, 6.45) is 0.854.